The van der Waals surface area contributed by atoms with Crippen LogP contribution >= 0.6 is 45.3 Å². The monoisotopic (exact) mass is 492 g/mol. The van der Waals surface area contributed by atoms with Crippen LogP contribution in [0, 0.1) is 0 Å². The van der Waals surface area contributed by atoms with Gasteiger partial charge in [-0.2, -0.15) is 0 Å². The lowest BCUT2D eigenvalue weighted by Crippen LogP contribution is -1.94. The van der Waals surface area contributed by atoms with Crippen molar-refractivity contribution >= 4 is 85.5 Å². The molecule has 0 aliphatic heterocycles. The predicted octanol–water partition coefficient (Wildman–Crippen LogP) is 8.12. The molecule has 0 amide bonds. The molecule has 8 heteroatoms. The van der Waals surface area contributed by atoms with Crippen molar-refractivity contribution in [2.45, 2.75) is 0 Å². The fraction of sp³-hybridized carbons (Fsp3) is 0. The first kappa shape index (κ1) is 19.6. The Balaban J connectivity index is 1.70. The molecule has 0 fully saturated rings. The largest absolute Gasteiger partial charge is 0.477 e. The standard InChI is InChI=1S/C24H12O4S4/c25-23(26)17-13(11-7-3-1-4-8-11)15-19(31-17)21-22(29-15)20-16(30-21)14(18(32-20)24(27)28)12-9-5-2-6-10-12/h1-10H,(H,25,26)(H,27,28). The van der Waals surface area contributed by atoms with Gasteiger partial charge in [0.25, 0.3) is 0 Å². The summed E-state index contributed by atoms with van der Waals surface area (Å²) < 4.78 is 5.91. The summed E-state index contributed by atoms with van der Waals surface area (Å²) in [7, 11) is 0. The number of rotatable bonds is 4. The number of fused-ring (bicyclic) bond motifs is 5. The maximum absolute atomic E-state index is 12.0. The number of carboxylic acids is 2. The van der Waals surface area contributed by atoms with Crippen molar-refractivity contribution in [2.75, 3.05) is 0 Å². The molecule has 4 aromatic heterocycles. The van der Waals surface area contributed by atoms with E-state index >= 15 is 0 Å². The molecule has 6 rings (SSSR count). The minimum absolute atomic E-state index is 0.339. The molecular formula is C24H12O4S4. The first-order valence-electron chi connectivity index (χ1n) is 9.56. The van der Waals surface area contributed by atoms with Crippen LogP contribution in [0.5, 0.6) is 0 Å². The highest BCUT2D eigenvalue weighted by Gasteiger charge is 2.28. The van der Waals surface area contributed by atoms with Gasteiger partial charge >= 0.3 is 11.9 Å². The van der Waals surface area contributed by atoms with Crippen LogP contribution in [0.3, 0.4) is 0 Å². The number of carbonyl (C=O) groups is 2. The molecule has 0 aliphatic carbocycles. The molecule has 0 unspecified atom stereocenters. The van der Waals surface area contributed by atoms with Gasteiger partial charge in [0, 0.05) is 11.1 Å². The summed E-state index contributed by atoms with van der Waals surface area (Å²) in [4.78, 5) is 24.7. The van der Waals surface area contributed by atoms with E-state index < -0.39 is 11.9 Å². The van der Waals surface area contributed by atoms with Crippen LogP contribution in [0.1, 0.15) is 19.3 Å². The summed E-state index contributed by atoms with van der Waals surface area (Å²) in [5.74, 6) is -1.86. The zero-order chi connectivity index (χ0) is 22.0. The zero-order valence-corrected chi connectivity index (χ0v) is 19.4. The van der Waals surface area contributed by atoms with Crippen molar-refractivity contribution in [1.29, 1.82) is 0 Å². The molecule has 156 valence electrons. The molecule has 0 bridgehead atoms. The van der Waals surface area contributed by atoms with Gasteiger partial charge in [0.15, 0.2) is 0 Å². The molecule has 0 atom stereocenters. The summed E-state index contributed by atoms with van der Waals surface area (Å²) in [6, 6.07) is 19.2. The van der Waals surface area contributed by atoms with Crippen LogP contribution in [0.2, 0.25) is 0 Å². The number of aromatic carboxylic acids is 2. The van der Waals surface area contributed by atoms with Crippen molar-refractivity contribution in [3.63, 3.8) is 0 Å². The van der Waals surface area contributed by atoms with Crippen LogP contribution < -0.4 is 0 Å². The van der Waals surface area contributed by atoms with Crippen molar-refractivity contribution in [1.82, 2.24) is 0 Å². The van der Waals surface area contributed by atoms with Gasteiger partial charge in [-0.05, 0) is 11.1 Å². The molecule has 4 heterocycles. The normalized spacial score (nSPS) is 11.6. The van der Waals surface area contributed by atoms with E-state index in [1.807, 2.05) is 60.7 Å². The van der Waals surface area contributed by atoms with Crippen LogP contribution in [0.15, 0.2) is 60.7 Å². The average molecular weight is 493 g/mol. The van der Waals surface area contributed by atoms with E-state index in [4.69, 9.17) is 0 Å². The highest BCUT2D eigenvalue weighted by Crippen LogP contribution is 2.55. The molecule has 0 aliphatic rings. The maximum atomic E-state index is 12.0. The fourth-order valence-corrected chi connectivity index (χ4v) is 9.82. The number of hydrogen-bond acceptors (Lipinski definition) is 6. The summed E-state index contributed by atoms with van der Waals surface area (Å²) >= 11 is 5.73. The van der Waals surface area contributed by atoms with Crippen molar-refractivity contribution in [2.24, 2.45) is 0 Å². The maximum Gasteiger partial charge on any atom is 0.346 e. The number of benzene rings is 2. The Morgan fingerprint density at radius 3 is 1.19 bits per heavy atom. The molecule has 6 aromatic rings. The third kappa shape index (κ3) is 2.77. The smallest absolute Gasteiger partial charge is 0.346 e. The molecule has 0 spiro atoms. The van der Waals surface area contributed by atoms with E-state index in [9.17, 15) is 19.8 Å². The summed E-state index contributed by atoms with van der Waals surface area (Å²) in [6.07, 6.45) is 0. The molecule has 0 radical (unpaired) electrons. The highest BCUT2D eigenvalue weighted by molar-refractivity contribution is 7.45. The van der Waals surface area contributed by atoms with E-state index in [1.165, 1.54) is 22.7 Å². The van der Waals surface area contributed by atoms with Crippen molar-refractivity contribution in [3.05, 3.63) is 70.4 Å². The molecule has 4 nitrogen and oxygen atoms in total. The Hall–Kier alpha value is -3.04. The third-order valence-electron chi connectivity index (χ3n) is 5.27. The first-order valence-corrected chi connectivity index (χ1v) is 12.8. The average Bonchev–Trinajstić information content (AvgIpc) is 3.51. The Bertz CT molecular complexity index is 1540. The highest BCUT2D eigenvalue weighted by atomic mass is 32.1. The molecule has 2 aromatic carbocycles. The number of carboxylic acid groups (broad SMARTS) is 2. The van der Waals surface area contributed by atoms with Gasteiger partial charge < -0.3 is 10.2 Å². The Morgan fingerprint density at radius 2 is 0.844 bits per heavy atom. The van der Waals surface area contributed by atoms with Crippen LogP contribution in [0.4, 0.5) is 0 Å². The molecule has 0 saturated heterocycles. The molecular weight excluding hydrogens is 481 g/mol. The Labute approximate surface area is 197 Å². The lowest BCUT2D eigenvalue weighted by molar-refractivity contribution is 0.0692. The summed E-state index contributed by atoms with van der Waals surface area (Å²) in [5.41, 5.74) is 3.25. The Morgan fingerprint density at radius 1 is 0.500 bits per heavy atom. The topological polar surface area (TPSA) is 74.6 Å². The number of hydrogen-bond donors (Lipinski definition) is 2. The predicted molar refractivity (Wildman–Crippen MR) is 135 cm³/mol. The lowest BCUT2D eigenvalue weighted by Gasteiger charge is -2.00. The fourth-order valence-electron chi connectivity index (χ4n) is 3.96. The van der Waals surface area contributed by atoms with Gasteiger partial charge in [0.1, 0.15) is 9.75 Å². The molecule has 32 heavy (non-hydrogen) atoms. The van der Waals surface area contributed by atoms with Gasteiger partial charge in [0.05, 0.1) is 28.2 Å². The van der Waals surface area contributed by atoms with Crippen LogP contribution in [0.25, 0.3) is 50.5 Å². The van der Waals surface area contributed by atoms with E-state index in [0.29, 0.717) is 9.75 Å². The van der Waals surface area contributed by atoms with Gasteiger partial charge in [-0.3, -0.25) is 0 Å². The second-order valence-corrected chi connectivity index (χ2v) is 11.2. The van der Waals surface area contributed by atoms with E-state index in [-0.39, 0.29) is 0 Å². The van der Waals surface area contributed by atoms with Gasteiger partial charge in [-0.15, -0.1) is 45.3 Å². The Kier molecular flexibility index (Phi) is 4.44. The minimum Gasteiger partial charge on any atom is -0.477 e. The summed E-state index contributed by atoms with van der Waals surface area (Å²) in [5, 5.41) is 19.7. The van der Waals surface area contributed by atoms with Gasteiger partial charge in [-0.25, -0.2) is 9.59 Å². The molecule has 2 N–H and O–H groups in total. The van der Waals surface area contributed by atoms with Gasteiger partial charge in [-0.1, -0.05) is 60.7 Å². The third-order valence-corrected chi connectivity index (χ3v) is 10.8. The van der Waals surface area contributed by atoms with E-state index in [2.05, 4.69) is 0 Å². The van der Waals surface area contributed by atoms with E-state index in [1.54, 1.807) is 22.7 Å². The second-order valence-electron chi connectivity index (χ2n) is 7.13. The van der Waals surface area contributed by atoms with Crippen molar-refractivity contribution in [3.8, 4) is 22.3 Å². The minimum atomic E-state index is -0.929. The van der Waals surface area contributed by atoms with E-state index in [0.717, 1.165) is 50.5 Å². The van der Waals surface area contributed by atoms with Gasteiger partial charge in [0.2, 0.25) is 0 Å². The lowest BCUT2D eigenvalue weighted by atomic mass is 10.1. The van der Waals surface area contributed by atoms with Crippen molar-refractivity contribution < 1.29 is 19.8 Å². The second kappa shape index (κ2) is 7.25. The zero-order valence-electron chi connectivity index (χ0n) is 16.1. The number of thiophene rings is 4. The van der Waals surface area contributed by atoms with Crippen LogP contribution in [-0.2, 0) is 0 Å². The SMILES string of the molecule is O=C(O)c1sc2c(sc3c4sc(C(=O)O)c(-c5ccccc5)c4sc23)c1-c1ccccc1. The molecule has 0 saturated carbocycles. The summed E-state index contributed by atoms with van der Waals surface area (Å²) in [6.45, 7) is 0. The van der Waals surface area contributed by atoms with Crippen LogP contribution in [-0.4, -0.2) is 22.2 Å². The first-order chi connectivity index (χ1) is 15.5. The quantitative estimate of drug-likeness (QED) is 0.260.